The first kappa shape index (κ1) is 33.8. The first-order valence-electron chi connectivity index (χ1n) is 14.4. The van der Waals surface area contributed by atoms with Crippen molar-refractivity contribution in [3.63, 3.8) is 0 Å². The largest absolute Gasteiger partial charge is 0.454 e. The summed E-state index contributed by atoms with van der Waals surface area (Å²) in [5.41, 5.74) is 0.304. The zero-order valence-electron chi connectivity index (χ0n) is 24.7. The average Bonchev–Trinajstić information content (AvgIpc) is 2.77. The maximum Gasteiger partial charge on any atom is 0.309 e. The first-order chi connectivity index (χ1) is 16.4. The van der Waals surface area contributed by atoms with E-state index in [-0.39, 0.29) is 36.1 Å². The summed E-state index contributed by atoms with van der Waals surface area (Å²) < 4.78 is 11.1. The van der Waals surface area contributed by atoms with Gasteiger partial charge in [-0.2, -0.15) is 0 Å². The fraction of sp³-hybridized carbons (Fsp3) is 0.871. The Morgan fingerprint density at radius 1 is 0.829 bits per heavy atom. The van der Waals surface area contributed by atoms with Crippen LogP contribution in [0.25, 0.3) is 0 Å². The maximum absolute atomic E-state index is 13.1. The molecule has 0 rings (SSSR count). The summed E-state index contributed by atoms with van der Waals surface area (Å²) in [6.45, 7) is 17.5. The van der Waals surface area contributed by atoms with Crippen LogP contribution < -0.4 is 0 Å². The van der Waals surface area contributed by atoms with Crippen molar-refractivity contribution in [3.8, 4) is 0 Å². The van der Waals surface area contributed by atoms with Crippen LogP contribution in [-0.2, 0) is 19.1 Å². The molecule has 35 heavy (non-hydrogen) atoms. The van der Waals surface area contributed by atoms with Crippen LogP contribution in [0.2, 0.25) is 0 Å². The van der Waals surface area contributed by atoms with Crippen molar-refractivity contribution in [2.45, 2.75) is 132 Å². The van der Waals surface area contributed by atoms with Crippen molar-refractivity contribution in [2.24, 2.45) is 29.1 Å². The molecule has 0 radical (unpaired) electrons. The molecular formula is C31H58O4. The molecule has 0 spiro atoms. The van der Waals surface area contributed by atoms with E-state index in [9.17, 15) is 9.59 Å². The molecule has 4 nitrogen and oxygen atoms in total. The molecule has 0 N–H and O–H groups in total. The number of esters is 1. The zero-order chi connectivity index (χ0) is 26.9. The second-order valence-electron chi connectivity index (χ2n) is 12.1. The number of rotatable bonds is 20. The number of methoxy groups -OCH3 is 1. The van der Waals surface area contributed by atoms with E-state index < -0.39 is 6.10 Å². The van der Waals surface area contributed by atoms with Gasteiger partial charge < -0.3 is 9.47 Å². The van der Waals surface area contributed by atoms with E-state index in [0.717, 1.165) is 44.9 Å². The van der Waals surface area contributed by atoms with Crippen LogP contribution in [0.15, 0.2) is 12.2 Å². The lowest BCUT2D eigenvalue weighted by Gasteiger charge is -2.27. The lowest BCUT2D eigenvalue weighted by atomic mass is 9.84. The number of unbranched alkanes of at least 4 members (excludes halogenated alkanes) is 5. The van der Waals surface area contributed by atoms with Gasteiger partial charge in [-0.1, -0.05) is 112 Å². The van der Waals surface area contributed by atoms with Gasteiger partial charge in [0.1, 0.15) is 6.61 Å². The predicted molar refractivity (Wildman–Crippen MR) is 148 cm³/mol. The number of carbonyl (C=O) groups is 2. The van der Waals surface area contributed by atoms with Crippen LogP contribution >= 0.6 is 0 Å². The third-order valence-corrected chi connectivity index (χ3v) is 6.71. The fourth-order valence-corrected chi connectivity index (χ4v) is 4.96. The average molecular weight is 495 g/mol. The van der Waals surface area contributed by atoms with Gasteiger partial charge in [-0.05, 0) is 42.9 Å². The predicted octanol–water partition coefficient (Wildman–Crippen LogP) is 8.57. The van der Waals surface area contributed by atoms with E-state index in [0.29, 0.717) is 11.3 Å². The Bertz CT molecular complexity index is 589. The maximum atomic E-state index is 13.1. The van der Waals surface area contributed by atoms with Gasteiger partial charge in [0, 0.05) is 13.0 Å². The standard InChI is InChI=1S/C31H58O4/c1-10-12-14-15-16-18-27(17-13-11-2)29(28(32)23-34-9)35-30(33)26(5)21-24(3)19-20-25(4)22-31(6,7)8/h19-20,24-27,29H,10-18,21-23H2,1-9H3/b20-19-. The number of hydrogen-bond donors (Lipinski definition) is 0. The number of ketones is 1. The number of Topliss-reactive ketones (excluding diaryl/α,β-unsaturated/α-hetero) is 1. The Hall–Kier alpha value is -1.16. The summed E-state index contributed by atoms with van der Waals surface area (Å²) in [5, 5.41) is 0. The zero-order valence-corrected chi connectivity index (χ0v) is 24.7. The van der Waals surface area contributed by atoms with E-state index in [2.05, 4.69) is 60.6 Å². The van der Waals surface area contributed by atoms with Crippen LogP contribution in [0.3, 0.4) is 0 Å². The van der Waals surface area contributed by atoms with Crippen LogP contribution in [0.5, 0.6) is 0 Å². The number of carbonyl (C=O) groups excluding carboxylic acids is 2. The van der Waals surface area contributed by atoms with Crippen molar-refractivity contribution in [1.29, 1.82) is 0 Å². The highest BCUT2D eigenvalue weighted by molar-refractivity contribution is 5.87. The second-order valence-corrected chi connectivity index (χ2v) is 12.1. The summed E-state index contributed by atoms with van der Waals surface area (Å²) >= 11 is 0. The third kappa shape index (κ3) is 17.0. The molecule has 0 aromatic rings. The molecule has 0 aromatic carbocycles. The van der Waals surface area contributed by atoms with Crippen LogP contribution in [0.4, 0.5) is 0 Å². The molecule has 0 fully saturated rings. The Balaban J connectivity index is 5.16. The van der Waals surface area contributed by atoms with E-state index >= 15 is 0 Å². The van der Waals surface area contributed by atoms with Gasteiger partial charge >= 0.3 is 5.97 Å². The Kier molecular flexibility index (Phi) is 18.4. The quantitative estimate of drug-likeness (QED) is 0.0966. The summed E-state index contributed by atoms with van der Waals surface area (Å²) in [5.74, 6) is 0.254. The van der Waals surface area contributed by atoms with Gasteiger partial charge in [0.25, 0.3) is 0 Å². The Morgan fingerprint density at radius 2 is 1.40 bits per heavy atom. The third-order valence-electron chi connectivity index (χ3n) is 6.71. The minimum atomic E-state index is -0.694. The van der Waals surface area contributed by atoms with Gasteiger partial charge in [0.15, 0.2) is 11.9 Å². The van der Waals surface area contributed by atoms with Crippen LogP contribution in [-0.4, -0.2) is 31.6 Å². The van der Waals surface area contributed by atoms with E-state index in [1.54, 1.807) is 0 Å². The van der Waals surface area contributed by atoms with Gasteiger partial charge in [-0.25, -0.2) is 0 Å². The lowest BCUT2D eigenvalue weighted by molar-refractivity contribution is -0.164. The summed E-state index contributed by atoms with van der Waals surface area (Å²) in [6.07, 6.45) is 15.6. The smallest absolute Gasteiger partial charge is 0.309 e. The van der Waals surface area contributed by atoms with Crippen molar-refractivity contribution >= 4 is 11.8 Å². The van der Waals surface area contributed by atoms with E-state index in [1.165, 1.54) is 32.8 Å². The Labute approximate surface area is 218 Å². The molecule has 5 atom stereocenters. The van der Waals surface area contributed by atoms with Gasteiger partial charge in [-0.3, -0.25) is 9.59 Å². The van der Waals surface area contributed by atoms with Crippen molar-refractivity contribution in [3.05, 3.63) is 12.2 Å². The van der Waals surface area contributed by atoms with E-state index in [1.807, 2.05) is 6.92 Å². The van der Waals surface area contributed by atoms with Crippen molar-refractivity contribution in [1.82, 2.24) is 0 Å². The summed E-state index contributed by atoms with van der Waals surface area (Å²) in [6, 6.07) is 0. The molecule has 0 aromatic heterocycles. The van der Waals surface area contributed by atoms with Crippen molar-refractivity contribution < 1.29 is 19.1 Å². The van der Waals surface area contributed by atoms with Gasteiger partial charge in [0.2, 0.25) is 0 Å². The lowest BCUT2D eigenvalue weighted by Crippen LogP contribution is -2.38. The van der Waals surface area contributed by atoms with Crippen LogP contribution in [0.1, 0.15) is 126 Å². The molecule has 5 unspecified atom stereocenters. The number of hydrogen-bond acceptors (Lipinski definition) is 4. The highest BCUT2D eigenvalue weighted by atomic mass is 16.6. The molecule has 0 aliphatic carbocycles. The monoisotopic (exact) mass is 494 g/mol. The minimum absolute atomic E-state index is 0.00437. The molecular weight excluding hydrogens is 436 g/mol. The minimum Gasteiger partial charge on any atom is -0.454 e. The normalized spacial score (nSPS) is 16.6. The molecule has 4 heteroatoms. The molecule has 0 heterocycles. The highest BCUT2D eigenvalue weighted by Crippen LogP contribution is 2.27. The SMILES string of the molecule is CCCCCCCC(CCCC)C(OC(=O)C(C)CC(C)/C=C\C(C)CC(C)(C)C)C(=O)COC. The Morgan fingerprint density at radius 3 is 1.97 bits per heavy atom. The molecule has 0 saturated heterocycles. The molecule has 0 aliphatic rings. The molecule has 0 aliphatic heterocycles. The van der Waals surface area contributed by atoms with Crippen LogP contribution in [0, 0.1) is 29.1 Å². The molecule has 0 bridgehead atoms. The molecule has 0 saturated carbocycles. The number of ether oxygens (including phenoxy) is 2. The molecule has 0 amide bonds. The van der Waals surface area contributed by atoms with Crippen molar-refractivity contribution in [2.75, 3.05) is 13.7 Å². The second kappa shape index (κ2) is 19.0. The van der Waals surface area contributed by atoms with E-state index in [4.69, 9.17) is 9.47 Å². The summed E-state index contributed by atoms with van der Waals surface area (Å²) in [4.78, 5) is 26.0. The summed E-state index contributed by atoms with van der Waals surface area (Å²) in [7, 11) is 1.53. The highest BCUT2D eigenvalue weighted by Gasteiger charge is 2.32. The first-order valence-corrected chi connectivity index (χ1v) is 14.4. The fourth-order valence-electron chi connectivity index (χ4n) is 4.96. The molecule has 206 valence electrons. The van der Waals surface area contributed by atoms with Gasteiger partial charge in [-0.15, -0.1) is 0 Å². The topological polar surface area (TPSA) is 52.6 Å². The number of allylic oxidation sites excluding steroid dienone is 2. The van der Waals surface area contributed by atoms with Gasteiger partial charge in [0.05, 0.1) is 5.92 Å².